The van der Waals surface area contributed by atoms with Crippen LogP contribution in [0.3, 0.4) is 0 Å². The molecule has 1 aromatic heterocycles. The first-order chi connectivity index (χ1) is 13.1. The molecule has 27 heavy (non-hydrogen) atoms. The molecule has 136 valence electrons. The van der Waals surface area contributed by atoms with Crippen molar-refractivity contribution in [1.29, 1.82) is 0 Å². The third-order valence-electron chi connectivity index (χ3n) is 3.53. The van der Waals surface area contributed by atoms with E-state index in [1.165, 1.54) is 4.57 Å². The van der Waals surface area contributed by atoms with Crippen molar-refractivity contribution in [2.24, 2.45) is 5.10 Å². The van der Waals surface area contributed by atoms with Crippen LogP contribution in [0.4, 0.5) is 10.5 Å². The number of amides is 2. The number of anilines is 1. The van der Waals surface area contributed by atoms with Gasteiger partial charge in [-0.2, -0.15) is 5.10 Å². The second-order valence-corrected chi connectivity index (χ2v) is 5.74. The molecule has 0 bridgehead atoms. The molecular weight excluding hydrogens is 366 g/mol. The van der Waals surface area contributed by atoms with Gasteiger partial charge in [0, 0.05) is 5.69 Å². The fraction of sp³-hybridized carbons (Fsp3) is 0. The molecule has 8 nitrogen and oxygen atoms in total. The van der Waals surface area contributed by atoms with E-state index < -0.39 is 11.6 Å². The summed E-state index contributed by atoms with van der Waals surface area (Å²) < 4.78 is 1.33. The van der Waals surface area contributed by atoms with Crippen LogP contribution < -0.4 is 16.3 Å². The van der Waals surface area contributed by atoms with E-state index in [-0.39, 0.29) is 16.2 Å². The van der Waals surface area contributed by atoms with Gasteiger partial charge < -0.3 is 10.4 Å². The normalized spacial score (nSPS) is 10.7. The van der Waals surface area contributed by atoms with Crippen molar-refractivity contribution in [3.05, 3.63) is 81.4 Å². The average Bonchev–Trinajstić information content (AvgIpc) is 2.66. The summed E-state index contributed by atoms with van der Waals surface area (Å²) in [4.78, 5) is 26.4. The molecule has 0 atom stereocenters. The van der Waals surface area contributed by atoms with Crippen molar-refractivity contribution in [3.63, 3.8) is 0 Å². The maximum Gasteiger partial charge on any atom is 0.339 e. The molecule has 3 rings (SSSR count). The fourth-order valence-electron chi connectivity index (χ4n) is 2.31. The lowest BCUT2D eigenvalue weighted by atomic mass is 10.3. The highest BCUT2D eigenvalue weighted by Gasteiger charge is 2.12. The summed E-state index contributed by atoms with van der Waals surface area (Å²) in [6, 6.07) is 17.0. The minimum atomic E-state index is -0.626. The molecule has 0 aliphatic rings. The number of nitrogens with one attached hydrogen (secondary N) is 3. The zero-order valence-electron chi connectivity index (χ0n) is 13.9. The van der Waals surface area contributed by atoms with E-state index in [0.29, 0.717) is 11.4 Å². The number of carbonyl (C=O) groups excluding carboxylic acids is 1. The molecule has 2 amide bonds. The van der Waals surface area contributed by atoms with E-state index >= 15 is 0 Å². The average molecular weight is 381 g/mol. The minimum absolute atomic E-state index is 0.0376. The number of hydrogen-bond acceptors (Lipinski definition) is 5. The van der Waals surface area contributed by atoms with Crippen LogP contribution in [0.2, 0.25) is 0 Å². The zero-order valence-corrected chi connectivity index (χ0v) is 14.7. The van der Waals surface area contributed by atoms with Crippen LogP contribution in [0.25, 0.3) is 5.69 Å². The van der Waals surface area contributed by atoms with Crippen molar-refractivity contribution in [3.8, 4) is 11.6 Å². The van der Waals surface area contributed by atoms with E-state index in [1.54, 1.807) is 48.5 Å². The van der Waals surface area contributed by atoms with E-state index in [2.05, 4.69) is 20.8 Å². The summed E-state index contributed by atoms with van der Waals surface area (Å²) >= 11 is 5.12. The monoisotopic (exact) mass is 381 g/mol. The Balaban J connectivity index is 1.82. The van der Waals surface area contributed by atoms with Gasteiger partial charge in [-0.15, -0.1) is 0 Å². The van der Waals surface area contributed by atoms with Gasteiger partial charge in [0.05, 0.1) is 11.9 Å². The van der Waals surface area contributed by atoms with Gasteiger partial charge in [-0.1, -0.05) is 36.4 Å². The highest BCUT2D eigenvalue weighted by Crippen LogP contribution is 2.18. The molecule has 9 heteroatoms. The number of aromatic nitrogens is 2. The zero-order chi connectivity index (χ0) is 19.2. The van der Waals surface area contributed by atoms with Gasteiger partial charge >= 0.3 is 6.03 Å². The summed E-state index contributed by atoms with van der Waals surface area (Å²) in [5.74, 6) is -0.385. The molecule has 0 aliphatic carbocycles. The van der Waals surface area contributed by atoms with E-state index in [1.807, 2.05) is 12.1 Å². The van der Waals surface area contributed by atoms with Crippen molar-refractivity contribution in [2.45, 2.75) is 0 Å². The molecule has 0 aliphatic heterocycles. The highest BCUT2D eigenvalue weighted by atomic mass is 32.1. The first-order valence-corrected chi connectivity index (χ1v) is 8.26. The van der Waals surface area contributed by atoms with Gasteiger partial charge in [-0.25, -0.2) is 10.2 Å². The quantitative estimate of drug-likeness (QED) is 0.316. The molecule has 4 N–H and O–H groups in total. The number of aromatic amines is 1. The molecular formula is C18H15N5O3S. The second-order valence-electron chi connectivity index (χ2n) is 5.36. The van der Waals surface area contributed by atoms with Gasteiger partial charge in [0.1, 0.15) is 5.56 Å². The van der Waals surface area contributed by atoms with Gasteiger partial charge in [0.2, 0.25) is 5.88 Å². The molecule has 0 fully saturated rings. The Labute approximate surface area is 158 Å². The number of H-pyrrole nitrogens is 1. The van der Waals surface area contributed by atoms with Crippen LogP contribution in [-0.4, -0.2) is 26.9 Å². The summed E-state index contributed by atoms with van der Waals surface area (Å²) in [7, 11) is 0. The second kappa shape index (κ2) is 8.11. The third-order valence-corrected chi connectivity index (χ3v) is 3.81. The Hall–Kier alpha value is -3.72. The number of hydrogen-bond donors (Lipinski definition) is 4. The van der Waals surface area contributed by atoms with Crippen molar-refractivity contribution >= 4 is 30.2 Å². The van der Waals surface area contributed by atoms with Gasteiger partial charge in [0.25, 0.3) is 5.56 Å². The molecule has 0 spiro atoms. The fourth-order valence-corrected chi connectivity index (χ4v) is 2.59. The Kier molecular flexibility index (Phi) is 5.43. The van der Waals surface area contributed by atoms with E-state index in [9.17, 15) is 14.7 Å². The number of hydrazone groups is 1. The number of urea groups is 1. The number of nitrogens with zero attached hydrogens (tertiary/aromatic N) is 2. The maximum absolute atomic E-state index is 12.1. The van der Waals surface area contributed by atoms with Crippen LogP contribution >= 0.6 is 12.2 Å². The first kappa shape index (κ1) is 18.1. The van der Waals surface area contributed by atoms with Crippen LogP contribution in [0.5, 0.6) is 5.88 Å². The molecule has 2 aromatic carbocycles. The third kappa shape index (κ3) is 4.28. The van der Waals surface area contributed by atoms with Gasteiger partial charge in [-0.05, 0) is 36.5 Å². The smallest absolute Gasteiger partial charge is 0.339 e. The lowest BCUT2D eigenvalue weighted by Crippen LogP contribution is -2.25. The molecule has 0 saturated heterocycles. The number of carbonyl (C=O) groups is 1. The van der Waals surface area contributed by atoms with Gasteiger partial charge in [-0.3, -0.25) is 14.3 Å². The Morgan fingerprint density at radius 3 is 2.41 bits per heavy atom. The van der Waals surface area contributed by atoms with Crippen LogP contribution in [0.1, 0.15) is 5.56 Å². The summed E-state index contributed by atoms with van der Waals surface area (Å²) in [5, 5.41) is 16.7. The standard InChI is InChI=1S/C18H15N5O3S/c24-15-14(11-19-22-17(26)20-12-7-3-1-4-8-12)16(25)23(18(27)21-15)13-9-5-2-6-10-13/h1-11,25H,(H2,20,22,26)(H,21,24,27)/b19-11+. The summed E-state index contributed by atoms with van der Waals surface area (Å²) in [6.07, 6.45) is 1.05. The number of benzene rings is 2. The first-order valence-electron chi connectivity index (χ1n) is 7.85. The van der Waals surface area contributed by atoms with Gasteiger partial charge in [0.15, 0.2) is 4.77 Å². The molecule has 3 aromatic rings. The van der Waals surface area contributed by atoms with Crippen molar-refractivity contribution < 1.29 is 9.90 Å². The Morgan fingerprint density at radius 2 is 1.74 bits per heavy atom. The lowest BCUT2D eigenvalue weighted by Gasteiger charge is -2.10. The largest absolute Gasteiger partial charge is 0.494 e. The molecule has 1 heterocycles. The van der Waals surface area contributed by atoms with Crippen LogP contribution in [0, 0.1) is 4.77 Å². The van der Waals surface area contributed by atoms with Crippen molar-refractivity contribution in [2.75, 3.05) is 5.32 Å². The SMILES string of the molecule is O=C(N/N=C/c1c(O)n(-c2ccccc2)c(=S)[nH]c1=O)Nc1ccccc1. The number of rotatable bonds is 4. The number of aromatic hydroxyl groups is 1. The highest BCUT2D eigenvalue weighted by molar-refractivity contribution is 7.71. The minimum Gasteiger partial charge on any atom is -0.494 e. The van der Waals surface area contributed by atoms with E-state index in [4.69, 9.17) is 12.2 Å². The Bertz CT molecular complexity index is 1090. The Morgan fingerprint density at radius 1 is 1.11 bits per heavy atom. The molecule has 0 unspecified atom stereocenters. The maximum atomic E-state index is 12.1. The number of para-hydroxylation sites is 2. The summed E-state index contributed by atoms with van der Waals surface area (Å²) in [6.45, 7) is 0. The van der Waals surface area contributed by atoms with Crippen molar-refractivity contribution in [1.82, 2.24) is 15.0 Å². The predicted octanol–water partition coefficient (Wildman–Crippen LogP) is 2.76. The van der Waals surface area contributed by atoms with Crippen LogP contribution in [0.15, 0.2) is 70.6 Å². The molecule has 0 saturated carbocycles. The topological polar surface area (TPSA) is 112 Å². The summed E-state index contributed by atoms with van der Waals surface area (Å²) in [5.41, 5.74) is 2.61. The lowest BCUT2D eigenvalue weighted by molar-refractivity contribution is 0.252. The van der Waals surface area contributed by atoms with E-state index in [0.717, 1.165) is 6.21 Å². The predicted molar refractivity (Wildman–Crippen MR) is 105 cm³/mol. The molecule has 0 radical (unpaired) electrons. The van der Waals surface area contributed by atoms with Crippen LogP contribution in [-0.2, 0) is 0 Å².